The lowest BCUT2D eigenvalue weighted by molar-refractivity contribution is 0.0133. The number of ether oxygens (including phenoxy) is 1. The van der Waals surface area contributed by atoms with Gasteiger partial charge in [0.1, 0.15) is 11.4 Å². The van der Waals surface area contributed by atoms with Crippen LogP contribution in [0.2, 0.25) is 0 Å². The first-order valence-electron chi connectivity index (χ1n) is 5.05. The molecule has 1 spiro atoms. The highest BCUT2D eigenvalue weighted by Gasteiger charge is 2.49. The van der Waals surface area contributed by atoms with Gasteiger partial charge in [-0.3, -0.25) is 0 Å². The highest BCUT2D eigenvalue weighted by atomic mass is 16.5. The van der Waals surface area contributed by atoms with Gasteiger partial charge in [0, 0.05) is 13.2 Å². The van der Waals surface area contributed by atoms with Crippen LogP contribution in [0.3, 0.4) is 0 Å². The molecule has 2 amide bonds. The van der Waals surface area contributed by atoms with Gasteiger partial charge in [0.15, 0.2) is 0 Å². The predicted octanol–water partition coefficient (Wildman–Crippen LogP) is 0.514. The molecule has 1 saturated heterocycles. The fourth-order valence-corrected chi connectivity index (χ4v) is 2.17. The molecule has 2 N–H and O–H groups in total. The minimum absolute atomic E-state index is 0.280. The van der Waals surface area contributed by atoms with Gasteiger partial charge in [0.05, 0.1) is 6.61 Å². The number of carbonyl (C=O) groups excluding carboxylic acids is 1. The lowest BCUT2D eigenvalue weighted by Crippen LogP contribution is -2.59. The Morgan fingerprint density at radius 3 is 3.13 bits per heavy atom. The molecular weight excluding hydrogens is 194 g/mol. The second-order valence-corrected chi connectivity index (χ2v) is 3.87. The lowest BCUT2D eigenvalue weighted by Gasteiger charge is -2.39. The molecule has 0 aliphatic carbocycles. The molecule has 5 heteroatoms. The molecule has 0 saturated carbocycles. The van der Waals surface area contributed by atoms with Crippen molar-refractivity contribution in [3.8, 4) is 0 Å². The molecule has 0 aromatic heterocycles. The maximum absolute atomic E-state index is 11.6. The van der Waals surface area contributed by atoms with E-state index < -0.39 is 5.54 Å². The molecule has 2 heterocycles. The average Bonchev–Trinajstić information content (AvgIpc) is 2.45. The zero-order valence-electron chi connectivity index (χ0n) is 8.61. The molecular formula is C10H15N3O2. The third-order valence-corrected chi connectivity index (χ3v) is 2.97. The van der Waals surface area contributed by atoms with Crippen molar-refractivity contribution < 1.29 is 9.53 Å². The van der Waals surface area contributed by atoms with E-state index in [0.717, 1.165) is 19.4 Å². The van der Waals surface area contributed by atoms with Crippen molar-refractivity contribution in [1.29, 1.82) is 0 Å². The Balaban J connectivity index is 2.29. The Hall–Kier alpha value is -1.36. The van der Waals surface area contributed by atoms with E-state index in [1.54, 1.807) is 11.0 Å². The highest BCUT2D eigenvalue weighted by molar-refractivity contribution is 6.06. The summed E-state index contributed by atoms with van der Waals surface area (Å²) >= 11 is 0. The number of aliphatic imine (C=N–C) groups is 1. The summed E-state index contributed by atoms with van der Waals surface area (Å²) in [6.45, 7) is 5.27. The number of urea groups is 1. The summed E-state index contributed by atoms with van der Waals surface area (Å²) in [5.74, 6) is 0.383. The summed E-state index contributed by atoms with van der Waals surface area (Å²) in [5.41, 5.74) is 5.32. The maximum atomic E-state index is 11.6. The second kappa shape index (κ2) is 3.66. The number of nitrogens with zero attached hydrogens (tertiary/aromatic N) is 2. The molecule has 2 rings (SSSR count). The van der Waals surface area contributed by atoms with E-state index in [9.17, 15) is 4.79 Å². The number of amides is 2. The molecule has 1 atom stereocenters. The zero-order chi connectivity index (χ0) is 10.9. The summed E-state index contributed by atoms with van der Waals surface area (Å²) in [6.07, 6.45) is 3.40. The molecule has 2 aliphatic rings. The van der Waals surface area contributed by atoms with Crippen LogP contribution in [0.4, 0.5) is 4.79 Å². The number of hydrogen-bond acceptors (Lipinski definition) is 3. The van der Waals surface area contributed by atoms with Crippen LogP contribution in [0.25, 0.3) is 0 Å². The number of hydrogen-bond donors (Lipinski definition) is 1. The maximum Gasteiger partial charge on any atom is 0.346 e. The first-order valence-corrected chi connectivity index (χ1v) is 5.05. The van der Waals surface area contributed by atoms with E-state index in [-0.39, 0.29) is 6.03 Å². The standard InChI is InChI=1S/C10H15N3O2/c1-2-5-13-9(14)12-8(11)10(13)4-3-6-15-7-10/h2H,1,3-7H2,(H2,11,12,14). The van der Waals surface area contributed by atoms with Crippen molar-refractivity contribution in [3.05, 3.63) is 12.7 Å². The minimum atomic E-state index is -0.510. The van der Waals surface area contributed by atoms with Crippen LogP contribution in [-0.2, 0) is 4.74 Å². The highest BCUT2D eigenvalue weighted by Crippen LogP contribution is 2.31. The van der Waals surface area contributed by atoms with Crippen molar-refractivity contribution in [3.63, 3.8) is 0 Å². The van der Waals surface area contributed by atoms with E-state index in [0.29, 0.717) is 19.0 Å². The van der Waals surface area contributed by atoms with Crippen LogP contribution in [-0.4, -0.2) is 42.1 Å². The quantitative estimate of drug-likeness (QED) is 0.674. The van der Waals surface area contributed by atoms with Crippen molar-refractivity contribution in [2.75, 3.05) is 19.8 Å². The van der Waals surface area contributed by atoms with E-state index in [1.165, 1.54) is 0 Å². The Morgan fingerprint density at radius 1 is 1.73 bits per heavy atom. The van der Waals surface area contributed by atoms with Crippen molar-refractivity contribution in [2.24, 2.45) is 10.7 Å². The zero-order valence-corrected chi connectivity index (χ0v) is 8.61. The topological polar surface area (TPSA) is 67.9 Å². The van der Waals surface area contributed by atoms with E-state index >= 15 is 0 Å². The number of rotatable bonds is 2. The molecule has 82 valence electrons. The molecule has 0 radical (unpaired) electrons. The Morgan fingerprint density at radius 2 is 2.53 bits per heavy atom. The van der Waals surface area contributed by atoms with Crippen LogP contribution in [0.5, 0.6) is 0 Å². The van der Waals surface area contributed by atoms with Gasteiger partial charge in [-0.2, -0.15) is 4.99 Å². The molecule has 2 aliphatic heterocycles. The fraction of sp³-hybridized carbons (Fsp3) is 0.600. The van der Waals surface area contributed by atoms with Gasteiger partial charge in [-0.25, -0.2) is 4.79 Å². The normalized spacial score (nSPS) is 30.8. The summed E-state index contributed by atoms with van der Waals surface area (Å²) in [6, 6.07) is -0.280. The van der Waals surface area contributed by atoms with Gasteiger partial charge < -0.3 is 15.4 Å². The van der Waals surface area contributed by atoms with Crippen molar-refractivity contribution >= 4 is 11.9 Å². The predicted molar refractivity (Wildman–Crippen MR) is 56.7 cm³/mol. The average molecular weight is 209 g/mol. The lowest BCUT2D eigenvalue weighted by atomic mass is 9.90. The summed E-state index contributed by atoms with van der Waals surface area (Å²) < 4.78 is 5.41. The third-order valence-electron chi connectivity index (χ3n) is 2.97. The molecule has 1 unspecified atom stereocenters. The van der Waals surface area contributed by atoms with Crippen LogP contribution in [0.15, 0.2) is 17.6 Å². The fourth-order valence-electron chi connectivity index (χ4n) is 2.17. The van der Waals surface area contributed by atoms with Crippen molar-refractivity contribution in [2.45, 2.75) is 18.4 Å². The Bertz CT molecular complexity index is 319. The Kier molecular flexibility index (Phi) is 2.48. The van der Waals surface area contributed by atoms with Crippen LogP contribution < -0.4 is 5.73 Å². The van der Waals surface area contributed by atoms with E-state index in [4.69, 9.17) is 10.5 Å². The first-order chi connectivity index (χ1) is 7.20. The summed E-state index contributed by atoms with van der Waals surface area (Å²) in [7, 11) is 0. The van der Waals surface area contributed by atoms with Crippen molar-refractivity contribution in [1.82, 2.24) is 4.90 Å². The third kappa shape index (κ3) is 1.43. The van der Waals surface area contributed by atoms with Crippen LogP contribution in [0, 0.1) is 0 Å². The number of nitrogens with two attached hydrogens (primary N) is 1. The van der Waals surface area contributed by atoms with Gasteiger partial charge in [0.25, 0.3) is 0 Å². The van der Waals surface area contributed by atoms with Gasteiger partial charge in [-0.1, -0.05) is 6.08 Å². The molecule has 0 bridgehead atoms. The molecule has 0 aromatic rings. The van der Waals surface area contributed by atoms with E-state index in [1.807, 2.05) is 0 Å². The monoisotopic (exact) mass is 209 g/mol. The van der Waals surface area contributed by atoms with Gasteiger partial charge in [-0.15, -0.1) is 6.58 Å². The molecule has 1 fully saturated rings. The van der Waals surface area contributed by atoms with Crippen LogP contribution >= 0.6 is 0 Å². The summed E-state index contributed by atoms with van der Waals surface area (Å²) in [5, 5.41) is 0. The van der Waals surface area contributed by atoms with Gasteiger partial charge in [-0.05, 0) is 12.8 Å². The number of carbonyl (C=O) groups is 1. The number of amidine groups is 1. The first kappa shape index (κ1) is 10.2. The SMILES string of the molecule is C=CCN1C(=O)N=C(N)C12CCCOC2. The molecule has 5 nitrogen and oxygen atoms in total. The molecule has 0 aromatic carbocycles. The smallest absolute Gasteiger partial charge is 0.346 e. The Labute approximate surface area is 88.6 Å². The van der Waals surface area contributed by atoms with Gasteiger partial charge >= 0.3 is 6.03 Å². The van der Waals surface area contributed by atoms with Gasteiger partial charge in [0.2, 0.25) is 0 Å². The second-order valence-electron chi connectivity index (χ2n) is 3.87. The van der Waals surface area contributed by atoms with E-state index in [2.05, 4.69) is 11.6 Å². The summed E-state index contributed by atoms with van der Waals surface area (Å²) in [4.78, 5) is 17.1. The minimum Gasteiger partial charge on any atom is -0.385 e. The largest absolute Gasteiger partial charge is 0.385 e. The molecule has 15 heavy (non-hydrogen) atoms. The van der Waals surface area contributed by atoms with Crippen LogP contribution in [0.1, 0.15) is 12.8 Å².